The number of benzene rings is 1. The number of hydrogen-bond donors (Lipinski definition) is 1. The summed E-state index contributed by atoms with van der Waals surface area (Å²) in [6, 6.07) is 6.93. The van der Waals surface area contributed by atoms with Crippen LogP contribution in [0.5, 0.6) is 5.75 Å². The number of carboxylic acids is 1. The highest BCUT2D eigenvalue weighted by molar-refractivity contribution is 9.10. The summed E-state index contributed by atoms with van der Waals surface area (Å²) in [5.74, 6) is -0.578. The molecule has 0 aliphatic heterocycles. The quantitative estimate of drug-likeness (QED) is 0.921. The third kappa shape index (κ3) is 3.74. The van der Waals surface area contributed by atoms with Gasteiger partial charge in [-0.25, -0.2) is 4.79 Å². The van der Waals surface area contributed by atoms with Crippen LogP contribution in [0.25, 0.3) is 11.3 Å². The third-order valence-electron chi connectivity index (χ3n) is 2.31. The lowest BCUT2D eigenvalue weighted by atomic mass is 10.1. The van der Waals surface area contributed by atoms with Crippen LogP contribution < -0.4 is 4.74 Å². The molecule has 1 aromatic heterocycles. The molecule has 0 aliphatic carbocycles. The van der Waals surface area contributed by atoms with Gasteiger partial charge in [0.2, 0.25) is 0 Å². The molecule has 19 heavy (non-hydrogen) atoms. The molecule has 2 rings (SSSR count). The fourth-order valence-corrected chi connectivity index (χ4v) is 1.76. The van der Waals surface area contributed by atoms with Gasteiger partial charge >= 0.3 is 5.97 Å². The van der Waals surface area contributed by atoms with E-state index in [9.17, 15) is 4.79 Å². The Morgan fingerprint density at radius 2 is 2.21 bits per heavy atom. The van der Waals surface area contributed by atoms with Gasteiger partial charge in [0.25, 0.3) is 0 Å². The van der Waals surface area contributed by atoms with Crippen LogP contribution in [0.2, 0.25) is 0 Å². The van der Waals surface area contributed by atoms with Crippen molar-refractivity contribution in [1.82, 2.24) is 5.16 Å². The van der Waals surface area contributed by atoms with Gasteiger partial charge in [0.15, 0.2) is 6.10 Å². The van der Waals surface area contributed by atoms with Gasteiger partial charge in [-0.05, 0) is 25.1 Å². The molecule has 1 N–H and O–H groups in total. The van der Waals surface area contributed by atoms with Crippen LogP contribution in [-0.2, 0) is 4.79 Å². The summed E-state index contributed by atoms with van der Waals surface area (Å²) < 4.78 is 11.0. The van der Waals surface area contributed by atoms with Gasteiger partial charge < -0.3 is 14.4 Å². The first-order valence-electron chi connectivity index (χ1n) is 5.17. The maximum absolute atomic E-state index is 10.8. The Bertz CT molecular complexity index is 559. The fourth-order valence-electron chi connectivity index (χ4n) is 1.40. The first-order valence-corrected chi connectivity index (χ1v) is 5.97. The summed E-state index contributed by atoms with van der Waals surface area (Å²) in [6.45, 7) is 1.47. The number of ether oxygens (including phenoxy) is 1. The molecule has 102 valence electrons. The highest BCUT2D eigenvalue weighted by Crippen LogP contribution is 2.32. The number of nitrogens with zero attached hydrogens (tertiary/aromatic N) is 1. The van der Waals surface area contributed by atoms with Gasteiger partial charge in [-0.15, -0.1) is 0 Å². The van der Waals surface area contributed by atoms with Gasteiger partial charge in [0.05, 0.1) is 0 Å². The second-order valence-electron chi connectivity index (χ2n) is 3.62. The van der Waals surface area contributed by atoms with Crippen molar-refractivity contribution in [2.45, 2.75) is 13.0 Å². The van der Waals surface area contributed by atoms with E-state index in [2.05, 4.69) is 21.1 Å². The molecule has 0 amide bonds. The Labute approximate surface area is 125 Å². The SMILES string of the molecule is C[C@H](Oc1ccc(Br)cc1-c1ccon1)C(=O)O.S. The standard InChI is InChI=1S/C12H10BrNO4.H2S/c1-7(12(15)16)18-11-3-2-8(13)6-9(11)10-4-5-17-14-10;/h2-7H,1H3,(H,15,16);1H2/t7-;/m0./s1. The van der Waals surface area contributed by atoms with Gasteiger partial charge in [-0.1, -0.05) is 21.1 Å². The molecule has 1 heterocycles. The summed E-state index contributed by atoms with van der Waals surface area (Å²) >= 11 is 3.35. The van der Waals surface area contributed by atoms with E-state index in [4.69, 9.17) is 14.4 Å². The molecule has 0 saturated heterocycles. The zero-order valence-electron chi connectivity index (χ0n) is 9.96. The Kier molecular flexibility index (Phi) is 5.44. The van der Waals surface area contributed by atoms with E-state index in [-0.39, 0.29) is 13.5 Å². The summed E-state index contributed by atoms with van der Waals surface area (Å²) in [5, 5.41) is 12.7. The van der Waals surface area contributed by atoms with E-state index in [0.29, 0.717) is 17.0 Å². The largest absolute Gasteiger partial charge is 0.479 e. The first kappa shape index (κ1) is 15.6. The van der Waals surface area contributed by atoms with E-state index in [0.717, 1.165) is 4.47 Å². The van der Waals surface area contributed by atoms with Crippen molar-refractivity contribution in [3.63, 3.8) is 0 Å². The van der Waals surface area contributed by atoms with Crippen molar-refractivity contribution in [2.24, 2.45) is 0 Å². The van der Waals surface area contributed by atoms with E-state index in [1.807, 2.05) is 0 Å². The Hall–Kier alpha value is -1.47. The highest BCUT2D eigenvalue weighted by atomic mass is 79.9. The summed E-state index contributed by atoms with van der Waals surface area (Å²) in [7, 11) is 0. The minimum Gasteiger partial charge on any atom is -0.479 e. The Balaban J connectivity index is 0.00000180. The maximum Gasteiger partial charge on any atom is 0.344 e. The van der Waals surface area contributed by atoms with Crippen molar-refractivity contribution in [1.29, 1.82) is 0 Å². The van der Waals surface area contributed by atoms with Crippen LogP contribution in [-0.4, -0.2) is 22.3 Å². The van der Waals surface area contributed by atoms with Crippen molar-refractivity contribution >= 4 is 35.4 Å². The van der Waals surface area contributed by atoms with Crippen LogP contribution in [0.1, 0.15) is 6.92 Å². The van der Waals surface area contributed by atoms with Gasteiger partial charge in [0.1, 0.15) is 17.7 Å². The number of carbonyl (C=O) groups is 1. The smallest absolute Gasteiger partial charge is 0.344 e. The van der Waals surface area contributed by atoms with Crippen molar-refractivity contribution in [3.05, 3.63) is 35.0 Å². The molecule has 7 heteroatoms. The molecule has 0 spiro atoms. The topological polar surface area (TPSA) is 72.6 Å². The summed E-state index contributed by atoms with van der Waals surface area (Å²) in [4.78, 5) is 10.8. The molecule has 0 radical (unpaired) electrons. The first-order chi connectivity index (χ1) is 8.58. The number of aliphatic carboxylic acids is 1. The monoisotopic (exact) mass is 345 g/mol. The average molecular weight is 346 g/mol. The predicted molar refractivity (Wildman–Crippen MR) is 77.7 cm³/mol. The van der Waals surface area contributed by atoms with Gasteiger partial charge in [-0.2, -0.15) is 13.5 Å². The average Bonchev–Trinajstić information content (AvgIpc) is 2.84. The minimum absolute atomic E-state index is 0. The molecule has 1 atom stereocenters. The number of rotatable bonds is 4. The van der Waals surface area contributed by atoms with Crippen molar-refractivity contribution < 1.29 is 19.2 Å². The minimum atomic E-state index is -1.02. The van der Waals surface area contributed by atoms with Crippen LogP contribution in [0.15, 0.2) is 39.5 Å². The molecular formula is C12H12BrNO4S. The molecular weight excluding hydrogens is 334 g/mol. The van der Waals surface area contributed by atoms with Crippen LogP contribution in [0.4, 0.5) is 0 Å². The van der Waals surface area contributed by atoms with Gasteiger partial charge in [0, 0.05) is 16.1 Å². The lowest BCUT2D eigenvalue weighted by Crippen LogP contribution is -2.23. The number of hydrogen-bond acceptors (Lipinski definition) is 4. The number of aromatic nitrogens is 1. The van der Waals surface area contributed by atoms with E-state index >= 15 is 0 Å². The Morgan fingerprint density at radius 3 is 2.79 bits per heavy atom. The summed E-state index contributed by atoms with van der Waals surface area (Å²) in [5.41, 5.74) is 1.26. The Morgan fingerprint density at radius 1 is 1.47 bits per heavy atom. The predicted octanol–water partition coefficient (Wildman–Crippen LogP) is 3.07. The molecule has 0 saturated carbocycles. The molecule has 0 fully saturated rings. The van der Waals surface area contributed by atoms with Crippen molar-refractivity contribution in [2.75, 3.05) is 0 Å². The lowest BCUT2D eigenvalue weighted by molar-refractivity contribution is -0.144. The normalized spacial score (nSPS) is 11.5. The number of halogens is 1. The second kappa shape index (κ2) is 6.63. The summed E-state index contributed by atoms with van der Waals surface area (Å²) in [6.07, 6.45) is 0.512. The second-order valence-corrected chi connectivity index (χ2v) is 4.54. The zero-order valence-corrected chi connectivity index (χ0v) is 12.5. The third-order valence-corrected chi connectivity index (χ3v) is 2.80. The zero-order chi connectivity index (χ0) is 13.1. The highest BCUT2D eigenvalue weighted by Gasteiger charge is 2.16. The molecule has 1 aromatic carbocycles. The number of carboxylic acid groups (broad SMARTS) is 1. The van der Waals surface area contributed by atoms with Crippen molar-refractivity contribution in [3.8, 4) is 17.0 Å². The van der Waals surface area contributed by atoms with Crippen LogP contribution in [0.3, 0.4) is 0 Å². The van der Waals surface area contributed by atoms with Gasteiger partial charge in [-0.3, -0.25) is 0 Å². The molecule has 0 unspecified atom stereocenters. The fraction of sp³-hybridized carbons (Fsp3) is 0.167. The van der Waals surface area contributed by atoms with E-state index in [1.165, 1.54) is 13.2 Å². The van der Waals surface area contributed by atoms with E-state index in [1.54, 1.807) is 24.3 Å². The maximum atomic E-state index is 10.8. The van der Waals surface area contributed by atoms with Crippen LogP contribution >= 0.6 is 29.4 Å². The molecule has 0 aliphatic rings. The lowest BCUT2D eigenvalue weighted by Gasteiger charge is -2.13. The molecule has 2 aromatic rings. The molecule has 5 nitrogen and oxygen atoms in total. The molecule has 0 bridgehead atoms. The van der Waals surface area contributed by atoms with E-state index < -0.39 is 12.1 Å². The van der Waals surface area contributed by atoms with Crippen LogP contribution in [0, 0.1) is 0 Å².